The molecule has 1 N–H and O–H groups in total. The van der Waals surface area contributed by atoms with Gasteiger partial charge in [-0.25, -0.2) is 8.42 Å². The highest BCUT2D eigenvalue weighted by Crippen LogP contribution is 2.24. The van der Waals surface area contributed by atoms with Crippen LogP contribution in [0.4, 0.5) is 5.69 Å². The van der Waals surface area contributed by atoms with Crippen LogP contribution in [0.3, 0.4) is 0 Å². The summed E-state index contributed by atoms with van der Waals surface area (Å²) in [5, 5.41) is 0. The van der Waals surface area contributed by atoms with Gasteiger partial charge >= 0.3 is 0 Å². The Bertz CT molecular complexity index is 751. The number of rotatable bonds is 8. The molecule has 0 radical (unpaired) electrons. The Labute approximate surface area is 146 Å². The SMILES string of the molecule is CCCCc1ccccc1NS(=O)(=O)c1ccc(C(C)CC)cc1. The maximum absolute atomic E-state index is 12.7. The first-order valence-corrected chi connectivity index (χ1v) is 10.2. The van der Waals surface area contributed by atoms with Crippen LogP contribution in [-0.4, -0.2) is 8.42 Å². The number of nitrogens with one attached hydrogen (secondary N) is 1. The predicted octanol–water partition coefficient (Wildman–Crippen LogP) is 5.34. The molecule has 0 aliphatic rings. The first-order valence-electron chi connectivity index (χ1n) is 8.68. The lowest BCUT2D eigenvalue weighted by Gasteiger charge is -2.14. The molecule has 4 heteroatoms. The van der Waals surface area contributed by atoms with Gasteiger partial charge in [-0.3, -0.25) is 4.72 Å². The summed E-state index contributed by atoms with van der Waals surface area (Å²) in [5.74, 6) is 0.435. The minimum Gasteiger partial charge on any atom is -0.279 e. The molecule has 0 aromatic heterocycles. The van der Waals surface area contributed by atoms with Gasteiger partial charge in [0, 0.05) is 0 Å². The fourth-order valence-electron chi connectivity index (χ4n) is 2.62. The van der Waals surface area contributed by atoms with Gasteiger partial charge in [0.2, 0.25) is 0 Å². The maximum atomic E-state index is 12.7. The summed E-state index contributed by atoms with van der Waals surface area (Å²) < 4.78 is 28.1. The fourth-order valence-corrected chi connectivity index (χ4v) is 3.72. The van der Waals surface area contributed by atoms with E-state index in [1.807, 2.05) is 36.4 Å². The first kappa shape index (κ1) is 18.5. The lowest BCUT2D eigenvalue weighted by Crippen LogP contribution is -2.14. The molecule has 2 rings (SSSR count). The summed E-state index contributed by atoms with van der Waals surface area (Å²) >= 11 is 0. The summed E-state index contributed by atoms with van der Waals surface area (Å²) in [5.41, 5.74) is 2.89. The standard InChI is InChI=1S/C20H27NO2S/c1-4-6-9-18-10-7-8-11-20(18)21-24(22,23)19-14-12-17(13-15-19)16(3)5-2/h7-8,10-16,21H,4-6,9H2,1-3H3. The average Bonchev–Trinajstić information content (AvgIpc) is 2.60. The van der Waals surface area contributed by atoms with Crippen molar-refractivity contribution in [2.24, 2.45) is 0 Å². The zero-order valence-corrected chi connectivity index (χ0v) is 15.6. The van der Waals surface area contributed by atoms with Crippen LogP contribution >= 0.6 is 0 Å². The van der Waals surface area contributed by atoms with Gasteiger partial charge in [-0.15, -0.1) is 0 Å². The molecule has 0 aliphatic carbocycles. The molecule has 2 aromatic carbocycles. The molecule has 0 amide bonds. The first-order chi connectivity index (χ1) is 11.5. The van der Waals surface area contributed by atoms with E-state index in [2.05, 4.69) is 25.5 Å². The molecule has 0 aliphatic heterocycles. The Balaban J connectivity index is 2.22. The molecule has 24 heavy (non-hydrogen) atoms. The average molecular weight is 346 g/mol. The molecule has 0 saturated carbocycles. The Morgan fingerprint density at radius 1 is 1.00 bits per heavy atom. The highest BCUT2D eigenvalue weighted by Gasteiger charge is 2.16. The molecule has 3 nitrogen and oxygen atoms in total. The summed E-state index contributed by atoms with van der Waals surface area (Å²) in [4.78, 5) is 0.305. The van der Waals surface area contributed by atoms with Gasteiger partial charge in [-0.1, -0.05) is 57.5 Å². The number of para-hydroxylation sites is 1. The lowest BCUT2D eigenvalue weighted by atomic mass is 9.99. The van der Waals surface area contributed by atoms with E-state index < -0.39 is 10.0 Å². The topological polar surface area (TPSA) is 46.2 Å². The number of unbranched alkanes of at least 4 members (excludes halogenated alkanes) is 1. The second-order valence-corrected chi connectivity index (χ2v) is 7.93. The molecule has 130 valence electrons. The maximum Gasteiger partial charge on any atom is 0.261 e. The minimum atomic E-state index is -3.56. The van der Waals surface area contributed by atoms with Gasteiger partial charge in [-0.2, -0.15) is 0 Å². The Kier molecular flexibility index (Phi) is 6.44. The number of sulfonamides is 1. The highest BCUT2D eigenvalue weighted by molar-refractivity contribution is 7.92. The Hall–Kier alpha value is -1.81. The number of hydrogen-bond acceptors (Lipinski definition) is 2. The van der Waals surface area contributed by atoms with E-state index in [0.29, 0.717) is 16.5 Å². The summed E-state index contributed by atoms with van der Waals surface area (Å²) in [6.45, 7) is 6.40. The molecular formula is C20H27NO2S. The molecule has 2 aromatic rings. The van der Waals surface area contributed by atoms with Crippen LogP contribution in [0.5, 0.6) is 0 Å². The van der Waals surface area contributed by atoms with E-state index in [9.17, 15) is 8.42 Å². The molecule has 0 fully saturated rings. The van der Waals surface area contributed by atoms with Crippen molar-refractivity contribution in [1.29, 1.82) is 0 Å². The van der Waals surface area contributed by atoms with Crippen molar-refractivity contribution in [3.8, 4) is 0 Å². The molecule has 0 bridgehead atoms. The lowest BCUT2D eigenvalue weighted by molar-refractivity contribution is 0.601. The molecule has 1 unspecified atom stereocenters. The third-order valence-corrected chi connectivity index (χ3v) is 5.81. The van der Waals surface area contributed by atoms with Crippen molar-refractivity contribution in [3.05, 3.63) is 59.7 Å². The number of hydrogen-bond donors (Lipinski definition) is 1. The van der Waals surface area contributed by atoms with Crippen molar-refractivity contribution in [1.82, 2.24) is 0 Å². The zero-order chi connectivity index (χ0) is 17.6. The molecule has 0 saturated heterocycles. The molecular weight excluding hydrogens is 318 g/mol. The predicted molar refractivity (Wildman–Crippen MR) is 101 cm³/mol. The van der Waals surface area contributed by atoms with Gasteiger partial charge in [0.1, 0.15) is 0 Å². The second kappa shape index (κ2) is 8.34. The third kappa shape index (κ3) is 4.60. The number of anilines is 1. The van der Waals surface area contributed by atoms with Crippen LogP contribution in [-0.2, 0) is 16.4 Å². The normalized spacial score (nSPS) is 12.8. The third-order valence-electron chi connectivity index (χ3n) is 4.43. The van der Waals surface area contributed by atoms with Crippen molar-refractivity contribution in [2.45, 2.75) is 57.3 Å². The van der Waals surface area contributed by atoms with E-state index in [4.69, 9.17) is 0 Å². The monoisotopic (exact) mass is 345 g/mol. The van der Waals surface area contributed by atoms with Gasteiger partial charge in [0.05, 0.1) is 10.6 Å². The summed E-state index contributed by atoms with van der Waals surface area (Å²) in [7, 11) is -3.56. The smallest absolute Gasteiger partial charge is 0.261 e. The number of aryl methyl sites for hydroxylation is 1. The Morgan fingerprint density at radius 2 is 1.67 bits per heavy atom. The van der Waals surface area contributed by atoms with E-state index in [0.717, 1.165) is 31.2 Å². The van der Waals surface area contributed by atoms with Crippen LogP contribution in [0.1, 0.15) is 57.1 Å². The van der Waals surface area contributed by atoms with Crippen LogP contribution in [0.2, 0.25) is 0 Å². The largest absolute Gasteiger partial charge is 0.279 e. The van der Waals surface area contributed by atoms with Gasteiger partial charge in [-0.05, 0) is 54.5 Å². The fraction of sp³-hybridized carbons (Fsp3) is 0.400. The van der Waals surface area contributed by atoms with Gasteiger partial charge in [0.25, 0.3) is 10.0 Å². The highest BCUT2D eigenvalue weighted by atomic mass is 32.2. The van der Waals surface area contributed by atoms with Crippen molar-refractivity contribution in [2.75, 3.05) is 4.72 Å². The Morgan fingerprint density at radius 3 is 2.29 bits per heavy atom. The van der Waals surface area contributed by atoms with E-state index in [-0.39, 0.29) is 0 Å². The molecule has 0 spiro atoms. The minimum absolute atomic E-state index is 0.305. The van der Waals surface area contributed by atoms with Crippen LogP contribution < -0.4 is 4.72 Å². The van der Waals surface area contributed by atoms with Crippen LogP contribution in [0.15, 0.2) is 53.4 Å². The quantitative estimate of drug-likeness (QED) is 0.701. The molecule has 0 heterocycles. The summed E-state index contributed by atoms with van der Waals surface area (Å²) in [6.07, 6.45) is 4.04. The zero-order valence-electron chi connectivity index (χ0n) is 14.7. The number of benzene rings is 2. The van der Waals surface area contributed by atoms with Crippen LogP contribution in [0.25, 0.3) is 0 Å². The van der Waals surface area contributed by atoms with Gasteiger partial charge in [0.15, 0.2) is 0 Å². The van der Waals surface area contributed by atoms with Gasteiger partial charge < -0.3 is 0 Å². The van der Waals surface area contributed by atoms with Crippen LogP contribution in [0, 0.1) is 0 Å². The van der Waals surface area contributed by atoms with Crippen molar-refractivity contribution < 1.29 is 8.42 Å². The summed E-state index contributed by atoms with van der Waals surface area (Å²) in [6, 6.07) is 14.8. The van der Waals surface area contributed by atoms with E-state index >= 15 is 0 Å². The van der Waals surface area contributed by atoms with E-state index in [1.54, 1.807) is 12.1 Å². The molecule has 1 atom stereocenters. The van der Waals surface area contributed by atoms with Crippen molar-refractivity contribution in [3.63, 3.8) is 0 Å². The van der Waals surface area contributed by atoms with Crippen molar-refractivity contribution >= 4 is 15.7 Å². The van der Waals surface area contributed by atoms with E-state index in [1.165, 1.54) is 5.56 Å². The second-order valence-electron chi connectivity index (χ2n) is 6.24.